The van der Waals surface area contributed by atoms with Gasteiger partial charge in [0.1, 0.15) is 5.44 Å². The molecule has 8 heavy (non-hydrogen) atoms. The third-order valence-electron chi connectivity index (χ3n) is 0.983. The predicted molar refractivity (Wildman–Crippen MR) is 32.6 cm³/mol. The number of hydrogen-bond donors (Lipinski definition) is 0. The molecule has 1 unspecified atom stereocenters. The summed E-state index contributed by atoms with van der Waals surface area (Å²) in [5.74, 6) is 0.472. The highest BCUT2D eigenvalue weighted by Crippen LogP contribution is 2.22. The molecule has 3 heteroatoms. The predicted octanol–water partition coefficient (Wildman–Crippen LogP) is 1.01. The van der Waals surface area contributed by atoms with Crippen molar-refractivity contribution < 1.29 is 9.53 Å². The zero-order valence-corrected chi connectivity index (χ0v) is 5.53. The molecule has 1 fully saturated rings. The van der Waals surface area contributed by atoms with Gasteiger partial charge in [0.15, 0.2) is 0 Å². The lowest BCUT2D eigenvalue weighted by atomic mass is 10.5. The van der Waals surface area contributed by atoms with Crippen LogP contribution in [-0.4, -0.2) is 17.2 Å². The van der Waals surface area contributed by atoms with E-state index >= 15 is 0 Å². The van der Waals surface area contributed by atoms with E-state index in [-0.39, 0.29) is 11.4 Å². The quantitative estimate of drug-likeness (QED) is 0.498. The average molecular weight is 132 g/mol. The lowest BCUT2D eigenvalue weighted by Crippen LogP contribution is -2.02. The molecule has 0 radical (unpaired) electrons. The molecule has 46 valence electrons. The van der Waals surface area contributed by atoms with Crippen molar-refractivity contribution in [2.24, 2.45) is 0 Å². The Morgan fingerprint density at radius 3 is 3.00 bits per heavy atom. The van der Waals surface area contributed by atoms with Gasteiger partial charge in [-0.1, -0.05) is 6.92 Å². The molecule has 0 aromatic rings. The summed E-state index contributed by atoms with van der Waals surface area (Å²) < 4.78 is 4.83. The van der Waals surface area contributed by atoms with Crippen LogP contribution in [0, 0.1) is 0 Å². The summed E-state index contributed by atoms with van der Waals surface area (Å²) in [4.78, 5) is 10.4. The van der Waals surface area contributed by atoms with E-state index in [1.54, 1.807) is 11.8 Å². The summed E-state index contributed by atoms with van der Waals surface area (Å²) in [6, 6.07) is 0. The van der Waals surface area contributed by atoms with Crippen LogP contribution in [0.3, 0.4) is 0 Å². The molecule has 0 saturated carbocycles. The van der Waals surface area contributed by atoms with Crippen LogP contribution in [0.25, 0.3) is 0 Å². The van der Waals surface area contributed by atoms with Gasteiger partial charge in [0.2, 0.25) is 0 Å². The van der Waals surface area contributed by atoms with Crippen molar-refractivity contribution in [3.05, 3.63) is 0 Å². The fourth-order valence-electron chi connectivity index (χ4n) is 0.577. The van der Waals surface area contributed by atoms with Crippen molar-refractivity contribution in [2.75, 3.05) is 5.75 Å². The number of esters is 1. The van der Waals surface area contributed by atoms with Crippen LogP contribution in [0.5, 0.6) is 0 Å². The lowest BCUT2D eigenvalue weighted by Gasteiger charge is -2.00. The minimum Gasteiger partial charge on any atom is -0.451 e. The van der Waals surface area contributed by atoms with E-state index in [1.165, 1.54) is 0 Å². The monoisotopic (exact) mass is 132 g/mol. The first-order valence-corrected chi connectivity index (χ1v) is 3.69. The van der Waals surface area contributed by atoms with Crippen molar-refractivity contribution in [3.63, 3.8) is 0 Å². The van der Waals surface area contributed by atoms with Crippen LogP contribution in [0.2, 0.25) is 0 Å². The Kier molecular flexibility index (Phi) is 1.78. The van der Waals surface area contributed by atoms with Gasteiger partial charge in [0.05, 0.1) is 5.75 Å². The zero-order chi connectivity index (χ0) is 5.98. The molecule has 1 aliphatic rings. The SMILES string of the molecule is CCC1OC(=O)CS1. The summed E-state index contributed by atoms with van der Waals surface area (Å²) >= 11 is 1.58. The van der Waals surface area contributed by atoms with E-state index in [4.69, 9.17) is 4.74 Å². The first-order chi connectivity index (χ1) is 3.83. The van der Waals surface area contributed by atoms with E-state index in [1.807, 2.05) is 6.92 Å². The van der Waals surface area contributed by atoms with Crippen molar-refractivity contribution in [1.82, 2.24) is 0 Å². The number of carbonyl (C=O) groups excluding carboxylic acids is 1. The number of rotatable bonds is 1. The molecule has 0 amide bonds. The fraction of sp³-hybridized carbons (Fsp3) is 0.800. The second-order valence-corrected chi connectivity index (χ2v) is 2.79. The highest BCUT2D eigenvalue weighted by Gasteiger charge is 2.21. The van der Waals surface area contributed by atoms with E-state index in [9.17, 15) is 4.79 Å². The molecule has 1 saturated heterocycles. The molecule has 0 aromatic heterocycles. The van der Waals surface area contributed by atoms with Crippen LogP contribution in [0.1, 0.15) is 13.3 Å². The Bertz CT molecular complexity index is 103. The van der Waals surface area contributed by atoms with Crippen molar-refractivity contribution in [2.45, 2.75) is 18.8 Å². The van der Waals surface area contributed by atoms with Crippen LogP contribution in [0.15, 0.2) is 0 Å². The van der Waals surface area contributed by atoms with Crippen LogP contribution in [0.4, 0.5) is 0 Å². The molecule has 0 aromatic carbocycles. The van der Waals surface area contributed by atoms with E-state index < -0.39 is 0 Å². The number of hydrogen-bond acceptors (Lipinski definition) is 3. The van der Waals surface area contributed by atoms with Crippen molar-refractivity contribution in [1.29, 1.82) is 0 Å². The lowest BCUT2D eigenvalue weighted by molar-refractivity contribution is -0.140. The Labute approximate surface area is 52.6 Å². The fourth-order valence-corrected chi connectivity index (χ4v) is 1.38. The maximum absolute atomic E-state index is 10.4. The van der Waals surface area contributed by atoms with Crippen LogP contribution < -0.4 is 0 Å². The molecule has 0 bridgehead atoms. The summed E-state index contributed by atoms with van der Waals surface area (Å²) in [7, 11) is 0. The maximum Gasteiger partial charge on any atom is 0.317 e. The minimum atomic E-state index is -0.0677. The highest BCUT2D eigenvalue weighted by atomic mass is 32.2. The molecule has 2 nitrogen and oxygen atoms in total. The second kappa shape index (κ2) is 2.40. The third-order valence-corrected chi connectivity index (χ3v) is 2.19. The molecule has 0 N–H and O–H groups in total. The highest BCUT2D eigenvalue weighted by molar-refractivity contribution is 8.00. The molecule has 1 heterocycles. The molecule has 1 rings (SSSR count). The summed E-state index contributed by atoms with van der Waals surface area (Å²) in [5.41, 5.74) is 0.141. The minimum absolute atomic E-state index is 0.0677. The van der Waals surface area contributed by atoms with Crippen molar-refractivity contribution in [3.8, 4) is 0 Å². The molecular weight excluding hydrogens is 124 g/mol. The Morgan fingerprint density at radius 2 is 2.75 bits per heavy atom. The van der Waals surface area contributed by atoms with E-state index in [2.05, 4.69) is 0 Å². The third kappa shape index (κ3) is 1.15. The smallest absolute Gasteiger partial charge is 0.317 e. The zero-order valence-electron chi connectivity index (χ0n) is 4.72. The van der Waals surface area contributed by atoms with Gasteiger partial charge in [-0.05, 0) is 6.42 Å². The first kappa shape index (κ1) is 5.95. The standard InChI is InChI=1S/C5H8O2S/c1-2-5-7-4(6)3-8-5/h5H,2-3H2,1H3. The normalized spacial score (nSPS) is 28.1. The molecule has 1 aliphatic heterocycles. The Morgan fingerprint density at radius 1 is 2.00 bits per heavy atom. The number of thioether (sulfide) groups is 1. The van der Waals surface area contributed by atoms with Gasteiger partial charge in [-0.15, -0.1) is 11.8 Å². The van der Waals surface area contributed by atoms with Gasteiger partial charge in [-0.3, -0.25) is 4.79 Å². The summed E-state index contributed by atoms with van der Waals surface area (Å²) in [6.07, 6.45) is 0.927. The van der Waals surface area contributed by atoms with Crippen LogP contribution >= 0.6 is 11.8 Å². The number of ether oxygens (including phenoxy) is 1. The van der Waals surface area contributed by atoms with Gasteiger partial charge in [0.25, 0.3) is 0 Å². The molecular formula is C5H8O2S. The van der Waals surface area contributed by atoms with Gasteiger partial charge < -0.3 is 4.74 Å². The van der Waals surface area contributed by atoms with Gasteiger partial charge in [-0.25, -0.2) is 0 Å². The topological polar surface area (TPSA) is 26.3 Å². The number of cyclic esters (lactones) is 1. The van der Waals surface area contributed by atoms with Gasteiger partial charge >= 0.3 is 5.97 Å². The molecule has 0 aliphatic carbocycles. The maximum atomic E-state index is 10.4. The first-order valence-electron chi connectivity index (χ1n) is 2.64. The number of carbonyl (C=O) groups is 1. The van der Waals surface area contributed by atoms with Crippen molar-refractivity contribution >= 4 is 17.7 Å². The molecule has 0 spiro atoms. The van der Waals surface area contributed by atoms with E-state index in [0.717, 1.165) is 6.42 Å². The molecule has 1 atom stereocenters. The summed E-state index contributed by atoms with van der Waals surface area (Å²) in [5, 5.41) is 0. The van der Waals surface area contributed by atoms with Gasteiger partial charge in [0, 0.05) is 0 Å². The van der Waals surface area contributed by atoms with Crippen LogP contribution in [-0.2, 0) is 9.53 Å². The largest absolute Gasteiger partial charge is 0.451 e. The second-order valence-electron chi connectivity index (χ2n) is 1.64. The summed E-state index contributed by atoms with van der Waals surface area (Å²) in [6.45, 7) is 2.01. The Balaban J connectivity index is 2.32. The Hall–Kier alpha value is -0.180. The van der Waals surface area contributed by atoms with E-state index in [0.29, 0.717) is 5.75 Å². The van der Waals surface area contributed by atoms with Gasteiger partial charge in [-0.2, -0.15) is 0 Å². The average Bonchev–Trinajstić information content (AvgIpc) is 2.14.